The van der Waals surface area contributed by atoms with Gasteiger partial charge < -0.3 is 9.64 Å². The van der Waals surface area contributed by atoms with Gasteiger partial charge in [-0.3, -0.25) is 9.78 Å². The van der Waals surface area contributed by atoms with Crippen molar-refractivity contribution in [1.82, 2.24) is 9.88 Å². The van der Waals surface area contributed by atoms with Crippen molar-refractivity contribution in [2.24, 2.45) is 0 Å². The van der Waals surface area contributed by atoms with Gasteiger partial charge in [-0.2, -0.15) is 0 Å². The molecule has 1 aromatic heterocycles. The molecule has 0 radical (unpaired) electrons. The van der Waals surface area contributed by atoms with Gasteiger partial charge in [-0.1, -0.05) is 22.0 Å². The molecule has 0 unspecified atom stereocenters. The van der Waals surface area contributed by atoms with Gasteiger partial charge in [0.2, 0.25) is 0 Å². The van der Waals surface area contributed by atoms with Crippen molar-refractivity contribution >= 4 is 21.8 Å². The number of pyridine rings is 1. The number of hydrogen-bond acceptors (Lipinski definition) is 3. The van der Waals surface area contributed by atoms with Gasteiger partial charge >= 0.3 is 0 Å². The molecule has 1 aliphatic rings. The molecule has 1 saturated heterocycles. The second-order valence-corrected chi connectivity index (χ2v) is 5.89. The summed E-state index contributed by atoms with van der Waals surface area (Å²) in [6, 6.07) is 11.1. The lowest BCUT2D eigenvalue weighted by Gasteiger charge is -2.17. The maximum Gasteiger partial charge on any atom is 0.254 e. The fourth-order valence-corrected chi connectivity index (χ4v) is 2.82. The Hall–Kier alpha value is -1.88. The second-order valence-electron chi connectivity index (χ2n) is 4.97. The Kier molecular flexibility index (Phi) is 4.20. The monoisotopic (exact) mass is 346 g/mol. The Bertz CT molecular complexity index is 633. The van der Waals surface area contributed by atoms with E-state index in [9.17, 15) is 4.79 Å². The average molecular weight is 347 g/mol. The standard InChI is InChI=1S/C16H15BrN2O2/c17-13-3-1-2-12(10-13)16(20)19-9-6-15(11-19)21-14-4-7-18-8-5-14/h1-5,7-8,10,15H,6,9,11H2/t15-/m0/s1. The molecule has 0 saturated carbocycles. The zero-order valence-corrected chi connectivity index (χ0v) is 13.0. The first kappa shape index (κ1) is 14.1. The zero-order valence-electron chi connectivity index (χ0n) is 11.4. The summed E-state index contributed by atoms with van der Waals surface area (Å²) in [6.45, 7) is 1.34. The van der Waals surface area contributed by atoms with E-state index in [4.69, 9.17) is 4.74 Å². The summed E-state index contributed by atoms with van der Waals surface area (Å²) < 4.78 is 6.79. The maximum absolute atomic E-state index is 12.4. The molecule has 3 rings (SSSR count). The van der Waals surface area contributed by atoms with Crippen molar-refractivity contribution in [3.05, 3.63) is 58.8 Å². The van der Waals surface area contributed by atoms with E-state index in [1.807, 2.05) is 41.3 Å². The van der Waals surface area contributed by atoms with Gasteiger partial charge in [0.15, 0.2) is 0 Å². The first-order chi connectivity index (χ1) is 10.2. The van der Waals surface area contributed by atoms with Crippen molar-refractivity contribution in [3.8, 4) is 5.75 Å². The first-order valence-electron chi connectivity index (χ1n) is 6.84. The van der Waals surface area contributed by atoms with E-state index in [2.05, 4.69) is 20.9 Å². The summed E-state index contributed by atoms with van der Waals surface area (Å²) in [4.78, 5) is 18.2. The van der Waals surface area contributed by atoms with Crippen molar-refractivity contribution in [3.63, 3.8) is 0 Å². The van der Waals surface area contributed by atoms with Gasteiger partial charge in [-0.25, -0.2) is 0 Å². The summed E-state index contributed by atoms with van der Waals surface area (Å²) in [5.74, 6) is 0.851. The number of amides is 1. The quantitative estimate of drug-likeness (QED) is 0.857. The molecule has 1 aliphatic heterocycles. The number of ether oxygens (including phenoxy) is 1. The lowest BCUT2D eigenvalue weighted by Crippen LogP contribution is -2.30. The predicted molar refractivity (Wildman–Crippen MR) is 83.3 cm³/mol. The van der Waals surface area contributed by atoms with Crippen molar-refractivity contribution in [1.29, 1.82) is 0 Å². The SMILES string of the molecule is O=C(c1cccc(Br)c1)N1CC[C@H](Oc2ccncc2)C1. The lowest BCUT2D eigenvalue weighted by molar-refractivity contribution is 0.0772. The van der Waals surface area contributed by atoms with Gasteiger partial charge in [-0.05, 0) is 30.3 Å². The number of hydrogen-bond donors (Lipinski definition) is 0. The molecular weight excluding hydrogens is 332 g/mol. The van der Waals surface area contributed by atoms with E-state index in [1.165, 1.54) is 0 Å². The minimum Gasteiger partial charge on any atom is -0.488 e. The topological polar surface area (TPSA) is 42.4 Å². The van der Waals surface area contributed by atoms with Crippen LogP contribution in [0.4, 0.5) is 0 Å². The predicted octanol–water partition coefficient (Wildman–Crippen LogP) is 3.14. The van der Waals surface area contributed by atoms with E-state index < -0.39 is 0 Å². The van der Waals surface area contributed by atoms with Crippen LogP contribution in [0.1, 0.15) is 16.8 Å². The highest BCUT2D eigenvalue weighted by atomic mass is 79.9. The maximum atomic E-state index is 12.4. The van der Waals surface area contributed by atoms with E-state index in [0.29, 0.717) is 12.1 Å². The lowest BCUT2D eigenvalue weighted by atomic mass is 10.2. The summed E-state index contributed by atoms with van der Waals surface area (Å²) >= 11 is 3.39. The molecule has 21 heavy (non-hydrogen) atoms. The highest BCUT2D eigenvalue weighted by Crippen LogP contribution is 2.20. The third kappa shape index (κ3) is 3.42. The fraction of sp³-hybridized carbons (Fsp3) is 0.250. The number of carbonyl (C=O) groups is 1. The smallest absolute Gasteiger partial charge is 0.254 e. The minimum atomic E-state index is 0.0449. The summed E-state index contributed by atoms with van der Waals surface area (Å²) in [6.07, 6.45) is 4.30. The van der Waals surface area contributed by atoms with E-state index in [1.54, 1.807) is 12.4 Å². The molecule has 1 amide bonds. The highest BCUT2D eigenvalue weighted by molar-refractivity contribution is 9.10. The van der Waals surface area contributed by atoms with Gasteiger partial charge in [0.1, 0.15) is 11.9 Å². The van der Waals surface area contributed by atoms with Crippen LogP contribution < -0.4 is 4.74 Å². The average Bonchev–Trinajstić information content (AvgIpc) is 2.96. The molecule has 0 bridgehead atoms. The number of benzene rings is 1. The van der Waals surface area contributed by atoms with Crippen LogP contribution in [0.3, 0.4) is 0 Å². The summed E-state index contributed by atoms with van der Waals surface area (Å²) in [5, 5.41) is 0. The Labute approximate surface area is 131 Å². The Morgan fingerprint density at radius 1 is 1.29 bits per heavy atom. The van der Waals surface area contributed by atoms with Crippen LogP contribution >= 0.6 is 15.9 Å². The van der Waals surface area contributed by atoms with E-state index in [0.717, 1.165) is 23.2 Å². The molecule has 0 N–H and O–H groups in total. The molecule has 0 aliphatic carbocycles. The molecule has 0 spiro atoms. The molecule has 1 atom stereocenters. The van der Waals surface area contributed by atoms with Gasteiger partial charge in [-0.15, -0.1) is 0 Å². The van der Waals surface area contributed by atoms with Crippen molar-refractivity contribution in [2.75, 3.05) is 13.1 Å². The second kappa shape index (κ2) is 6.26. The van der Waals surface area contributed by atoms with Crippen molar-refractivity contribution < 1.29 is 9.53 Å². The Balaban J connectivity index is 1.63. The minimum absolute atomic E-state index is 0.0449. The van der Waals surface area contributed by atoms with Gasteiger partial charge in [0.25, 0.3) is 5.91 Å². The molecule has 5 heteroatoms. The fourth-order valence-electron chi connectivity index (χ4n) is 2.42. The normalized spacial score (nSPS) is 17.8. The van der Waals surface area contributed by atoms with Crippen LogP contribution in [-0.4, -0.2) is 35.0 Å². The molecule has 4 nitrogen and oxygen atoms in total. The Morgan fingerprint density at radius 3 is 2.86 bits per heavy atom. The number of rotatable bonds is 3. The number of nitrogens with zero attached hydrogens (tertiary/aromatic N) is 2. The van der Waals surface area contributed by atoms with Gasteiger partial charge in [0, 0.05) is 35.4 Å². The summed E-state index contributed by atoms with van der Waals surface area (Å²) in [7, 11) is 0. The third-order valence-electron chi connectivity index (χ3n) is 3.46. The number of carbonyl (C=O) groups excluding carboxylic acids is 1. The molecule has 1 fully saturated rings. The van der Waals surface area contributed by atoms with Crippen molar-refractivity contribution in [2.45, 2.75) is 12.5 Å². The molecule has 1 aromatic carbocycles. The van der Waals surface area contributed by atoms with Gasteiger partial charge in [0.05, 0.1) is 6.54 Å². The van der Waals surface area contributed by atoms with Crippen LogP contribution in [0, 0.1) is 0 Å². The van der Waals surface area contributed by atoms with E-state index >= 15 is 0 Å². The zero-order chi connectivity index (χ0) is 14.7. The summed E-state index contributed by atoms with van der Waals surface area (Å²) in [5.41, 5.74) is 0.703. The van der Waals surface area contributed by atoms with E-state index in [-0.39, 0.29) is 12.0 Å². The number of halogens is 1. The van der Waals surface area contributed by atoms with Crippen LogP contribution in [0.2, 0.25) is 0 Å². The molecule has 2 heterocycles. The van der Waals surface area contributed by atoms with Crippen LogP contribution in [0.5, 0.6) is 5.75 Å². The largest absolute Gasteiger partial charge is 0.488 e. The Morgan fingerprint density at radius 2 is 2.10 bits per heavy atom. The van der Waals surface area contributed by atoms with Crippen LogP contribution in [-0.2, 0) is 0 Å². The van der Waals surface area contributed by atoms with Crippen LogP contribution in [0.15, 0.2) is 53.3 Å². The molecule has 108 valence electrons. The first-order valence-corrected chi connectivity index (χ1v) is 7.63. The highest BCUT2D eigenvalue weighted by Gasteiger charge is 2.28. The van der Waals surface area contributed by atoms with Crippen LogP contribution in [0.25, 0.3) is 0 Å². The number of likely N-dealkylation sites (tertiary alicyclic amines) is 1. The molecular formula is C16H15BrN2O2. The molecule has 2 aromatic rings. The third-order valence-corrected chi connectivity index (χ3v) is 3.95. The number of aromatic nitrogens is 1.